The number of hydrogen-bond acceptors (Lipinski definition) is 3. The Morgan fingerprint density at radius 2 is 1.90 bits per heavy atom. The summed E-state index contributed by atoms with van der Waals surface area (Å²) in [6.45, 7) is 0.890. The van der Waals surface area contributed by atoms with Gasteiger partial charge < -0.3 is 4.90 Å². The zero-order valence-electron chi connectivity index (χ0n) is 11.4. The Balaban J connectivity index is 2.33. The number of nitrogens with zero attached hydrogens (tertiary/aromatic N) is 2. The Labute approximate surface area is 132 Å². The quantitative estimate of drug-likeness (QED) is 0.813. The molecule has 0 spiro atoms. The molecule has 0 radical (unpaired) electrons. The summed E-state index contributed by atoms with van der Waals surface area (Å²) in [4.78, 5) is 4.33. The SMILES string of the molecule is CN(C)Cc1ccccc1Sc1ccc(Br)cc1C#N. The largest absolute Gasteiger partial charge is 0.305 e. The molecule has 20 heavy (non-hydrogen) atoms. The van der Waals surface area contributed by atoms with Crippen LogP contribution in [-0.2, 0) is 6.54 Å². The van der Waals surface area contributed by atoms with Crippen molar-refractivity contribution >= 4 is 27.7 Å². The molecule has 0 saturated heterocycles. The van der Waals surface area contributed by atoms with Crippen LogP contribution in [0.5, 0.6) is 0 Å². The average Bonchev–Trinajstić information content (AvgIpc) is 2.42. The Kier molecular flexibility index (Phi) is 5.24. The summed E-state index contributed by atoms with van der Waals surface area (Å²) in [5.41, 5.74) is 1.97. The van der Waals surface area contributed by atoms with Crippen LogP contribution in [-0.4, -0.2) is 19.0 Å². The summed E-state index contributed by atoms with van der Waals surface area (Å²) in [5, 5.41) is 9.24. The lowest BCUT2D eigenvalue weighted by Gasteiger charge is -2.14. The van der Waals surface area contributed by atoms with Gasteiger partial charge in [-0.15, -0.1) is 0 Å². The van der Waals surface area contributed by atoms with Crippen LogP contribution < -0.4 is 0 Å². The van der Waals surface area contributed by atoms with Gasteiger partial charge >= 0.3 is 0 Å². The second-order valence-corrected chi connectivity index (χ2v) is 6.70. The molecule has 2 aromatic carbocycles. The number of halogens is 1. The zero-order valence-corrected chi connectivity index (χ0v) is 13.8. The fourth-order valence-electron chi connectivity index (χ4n) is 1.87. The van der Waals surface area contributed by atoms with E-state index in [4.69, 9.17) is 0 Å². The van der Waals surface area contributed by atoms with E-state index in [0.717, 1.165) is 15.9 Å². The van der Waals surface area contributed by atoms with Crippen molar-refractivity contribution in [2.45, 2.75) is 16.3 Å². The normalized spacial score (nSPS) is 10.6. The van der Waals surface area contributed by atoms with Gasteiger partial charge in [0.1, 0.15) is 6.07 Å². The fourth-order valence-corrected chi connectivity index (χ4v) is 3.23. The van der Waals surface area contributed by atoms with Gasteiger partial charge in [0.15, 0.2) is 0 Å². The van der Waals surface area contributed by atoms with Crippen molar-refractivity contribution in [3.8, 4) is 6.07 Å². The van der Waals surface area contributed by atoms with E-state index in [9.17, 15) is 5.26 Å². The molecule has 0 aliphatic carbocycles. The molecule has 4 heteroatoms. The molecular formula is C16H15BrN2S. The molecule has 0 unspecified atom stereocenters. The fraction of sp³-hybridized carbons (Fsp3) is 0.188. The first-order valence-electron chi connectivity index (χ1n) is 6.20. The van der Waals surface area contributed by atoms with E-state index < -0.39 is 0 Å². The molecule has 102 valence electrons. The van der Waals surface area contributed by atoms with Gasteiger partial charge in [-0.25, -0.2) is 0 Å². The van der Waals surface area contributed by atoms with Crippen LogP contribution in [0.2, 0.25) is 0 Å². The maximum Gasteiger partial charge on any atom is 0.100 e. The van der Waals surface area contributed by atoms with Crippen LogP contribution in [0.25, 0.3) is 0 Å². The Bertz CT molecular complexity index is 647. The molecule has 0 bridgehead atoms. The number of benzene rings is 2. The molecule has 0 fully saturated rings. The molecule has 2 aromatic rings. The van der Waals surface area contributed by atoms with Crippen LogP contribution in [0.15, 0.2) is 56.7 Å². The van der Waals surface area contributed by atoms with E-state index in [1.807, 2.05) is 24.3 Å². The third-order valence-electron chi connectivity index (χ3n) is 2.74. The second kappa shape index (κ2) is 6.94. The van der Waals surface area contributed by atoms with Crippen LogP contribution in [0.1, 0.15) is 11.1 Å². The molecule has 0 aromatic heterocycles. The summed E-state index contributed by atoms with van der Waals surface area (Å²) in [6, 6.07) is 16.4. The summed E-state index contributed by atoms with van der Waals surface area (Å²) in [6.07, 6.45) is 0. The Morgan fingerprint density at radius 3 is 2.60 bits per heavy atom. The van der Waals surface area contributed by atoms with Crippen molar-refractivity contribution < 1.29 is 0 Å². The highest BCUT2D eigenvalue weighted by atomic mass is 79.9. The van der Waals surface area contributed by atoms with E-state index in [1.54, 1.807) is 11.8 Å². The first-order valence-corrected chi connectivity index (χ1v) is 7.81. The minimum atomic E-state index is 0.698. The van der Waals surface area contributed by atoms with Crippen molar-refractivity contribution in [3.63, 3.8) is 0 Å². The predicted molar refractivity (Wildman–Crippen MR) is 86.8 cm³/mol. The lowest BCUT2D eigenvalue weighted by molar-refractivity contribution is 0.399. The van der Waals surface area contributed by atoms with Crippen molar-refractivity contribution in [2.75, 3.05) is 14.1 Å². The molecule has 0 aliphatic heterocycles. The second-order valence-electron chi connectivity index (χ2n) is 4.70. The highest BCUT2D eigenvalue weighted by Gasteiger charge is 2.08. The lowest BCUT2D eigenvalue weighted by atomic mass is 10.2. The Hall–Kier alpha value is -1.28. The number of hydrogen-bond donors (Lipinski definition) is 0. The van der Waals surface area contributed by atoms with Crippen molar-refractivity contribution in [3.05, 3.63) is 58.1 Å². The maximum atomic E-state index is 9.24. The van der Waals surface area contributed by atoms with Gasteiger partial charge in [0.2, 0.25) is 0 Å². The summed E-state index contributed by atoms with van der Waals surface area (Å²) in [7, 11) is 4.11. The van der Waals surface area contributed by atoms with Gasteiger partial charge in [-0.3, -0.25) is 0 Å². The van der Waals surface area contributed by atoms with E-state index >= 15 is 0 Å². The molecule has 2 nitrogen and oxygen atoms in total. The standard InChI is InChI=1S/C16H15BrN2S/c1-19(2)11-12-5-3-4-6-15(12)20-16-8-7-14(17)9-13(16)10-18/h3-9H,11H2,1-2H3. The van der Waals surface area contributed by atoms with Crippen molar-refractivity contribution in [2.24, 2.45) is 0 Å². The van der Waals surface area contributed by atoms with Crippen molar-refractivity contribution in [1.29, 1.82) is 5.26 Å². The summed E-state index contributed by atoms with van der Waals surface area (Å²) in [5.74, 6) is 0. The van der Waals surface area contributed by atoms with Gasteiger partial charge in [-0.05, 0) is 43.9 Å². The van der Waals surface area contributed by atoms with Crippen LogP contribution >= 0.6 is 27.7 Å². The van der Waals surface area contributed by atoms with Gasteiger partial charge in [0.05, 0.1) is 5.56 Å². The van der Waals surface area contributed by atoms with Gasteiger partial charge in [-0.1, -0.05) is 45.9 Å². The third-order valence-corrected chi connectivity index (χ3v) is 4.43. The molecule has 0 aliphatic rings. The highest BCUT2D eigenvalue weighted by Crippen LogP contribution is 2.34. The van der Waals surface area contributed by atoms with E-state index in [0.29, 0.717) is 5.56 Å². The number of nitriles is 1. The third kappa shape index (κ3) is 3.86. The first kappa shape index (κ1) is 15.1. The maximum absolute atomic E-state index is 9.24. The molecule has 0 N–H and O–H groups in total. The lowest BCUT2D eigenvalue weighted by Crippen LogP contribution is -2.11. The smallest absolute Gasteiger partial charge is 0.100 e. The Morgan fingerprint density at radius 1 is 1.15 bits per heavy atom. The molecule has 0 heterocycles. The predicted octanol–water partition coefficient (Wildman–Crippen LogP) is 4.53. The molecule has 0 saturated carbocycles. The topological polar surface area (TPSA) is 27.0 Å². The van der Waals surface area contributed by atoms with E-state index in [2.05, 4.69) is 59.2 Å². The minimum Gasteiger partial charge on any atom is -0.305 e. The molecule has 2 rings (SSSR count). The monoisotopic (exact) mass is 346 g/mol. The van der Waals surface area contributed by atoms with Crippen LogP contribution in [0, 0.1) is 11.3 Å². The average molecular weight is 347 g/mol. The molecule has 0 amide bonds. The van der Waals surface area contributed by atoms with Gasteiger partial charge in [-0.2, -0.15) is 5.26 Å². The van der Waals surface area contributed by atoms with Gasteiger partial charge in [0, 0.05) is 20.8 Å². The zero-order chi connectivity index (χ0) is 14.5. The van der Waals surface area contributed by atoms with Crippen LogP contribution in [0.3, 0.4) is 0 Å². The summed E-state index contributed by atoms with van der Waals surface area (Å²) < 4.78 is 0.931. The van der Waals surface area contributed by atoms with Gasteiger partial charge in [0.25, 0.3) is 0 Å². The highest BCUT2D eigenvalue weighted by molar-refractivity contribution is 9.10. The molecular weight excluding hydrogens is 332 g/mol. The van der Waals surface area contributed by atoms with Crippen molar-refractivity contribution in [1.82, 2.24) is 4.90 Å². The first-order chi connectivity index (χ1) is 9.60. The van der Waals surface area contributed by atoms with E-state index in [-0.39, 0.29) is 0 Å². The number of rotatable bonds is 4. The van der Waals surface area contributed by atoms with E-state index in [1.165, 1.54) is 10.5 Å². The van der Waals surface area contributed by atoms with Crippen LogP contribution in [0.4, 0.5) is 0 Å². The summed E-state index contributed by atoms with van der Waals surface area (Å²) >= 11 is 5.05. The molecule has 0 atom stereocenters. The minimum absolute atomic E-state index is 0.698.